The molecule has 0 aliphatic carbocycles. The quantitative estimate of drug-likeness (QED) is 0.704. The van der Waals surface area contributed by atoms with Gasteiger partial charge in [0, 0.05) is 23.1 Å². The molecule has 0 bridgehead atoms. The van der Waals surface area contributed by atoms with Crippen LogP contribution in [-0.4, -0.2) is 23.0 Å². The SMILES string of the molecule is C=CCC(C)NC(=O)[C@@H](N)Cc1c[nH]c2ccccc12. The fraction of sp³-hybridized carbons (Fsp3) is 0.312. The molecule has 0 radical (unpaired) electrons. The smallest absolute Gasteiger partial charge is 0.237 e. The summed E-state index contributed by atoms with van der Waals surface area (Å²) < 4.78 is 0. The number of hydrogen-bond donors (Lipinski definition) is 3. The summed E-state index contributed by atoms with van der Waals surface area (Å²) in [5, 5.41) is 4.02. The highest BCUT2D eigenvalue weighted by molar-refractivity contribution is 5.86. The molecule has 4 nitrogen and oxygen atoms in total. The summed E-state index contributed by atoms with van der Waals surface area (Å²) >= 11 is 0. The molecule has 106 valence electrons. The zero-order valence-corrected chi connectivity index (χ0v) is 11.7. The fourth-order valence-electron chi connectivity index (χ4n) is 2.29. The molecule has 1 heterocycles. The van der Waals surface area contributed by atoms with Crippen molar-refractivity contribution in [1.29, 1.82) is 0 Å². The number of carbonyl (C=O) groups excluding carboxylic acids is 1. The molecule has 2 atom stereocenters. The summed E-state index contributed by atoms with van der Waals surface area (Å²) in [6.45, 7) is 5.60. The maximum absolute atomic E-state index is 12.0. The molecular weight excluding hydrogens is 250 g/mol. The summed E-state index contributed by atoms with van der Waals surface area (Å²) in [6, 6.07) is 7.53. The molecule has 0 fully saturated rings. The van der Waals surface area contributed by atoms with Gasteiger partial charge >= 0.3 is 0 Å². The van der Waals surface area contributed by atoms with Crippen LogP contribution in [0.25, 0.3) is 10.9 Å². The van der Waals surface area contributed by atoms with Gasteiger partial charge in [-0.25, -0.2) is 0 Å². The first-order valence-corrected chi connectivity index (χ1v) is 6.83. The first-order valence-electron chi connectivity index (χ1n) is 6.83. The van der Waals surface area contributed by atoms with Gasteiger partial charge in [-0.15, -0.1) is 6.58 Å². The van der Waals surface area contributed by atoms with Crippen LogP contribution in [0.4, 0.5) is 0 Å². The van der Waals surface area contributed by atoms with E-state index in [1.807, 2.05) is 37.4 Å². The van der Waals surface area contributed by atoms with E-state index in [1.165, 1.54) is 0 Å². The zero-order valence-electron chi connectivity index (χ0n) is 11.7. The van der Waals surface area contributed by atoms with Crippen LogP contribution in [-0.2, 0) is 11.2 Å². The largest absolute Gasteiger partial charge is 0.361 e. The second kappa shape index (κ2) is 6.39. The lowest BCUT2D eigenvalue weighted by Crippen LogP contribution is -2.45. The Labute approximate surface area is 119 Å². The van der Waals surface area contributed by atoms with Crippen LogP contribution in [0.2, 0.25) is 0 Å². The molecule has 4 N–H and O–H groups in total. The van der Waals surface area contributed by atoms with Gasteiger partial charge in [0.2, 0.25) is 5.91 Å². The predicted molar refractivity (Wildman–Crippen MR) is 82.4 cm³/mol. The van der Waals surface area contributed by atoms with E-state index in [4.69, 9.17) is 5.73 Å². The van der Waals surface area contributed by atoms with E-state index < -0.39 is 6.04 Å². The molecule has 4 heteroatoms. The molecule has 2 rings (SSSR count). The van der Waals surface area contributed by atoms with E-state index in [1.54, 1.807) is 6.08 Å². The molecule has 20 heavy (non-hydrogen) atoms. The topological polar surface area (TPSA) is 70.9 Å². The Morgan fingerprint density at radius 3 is 3.00 bits per heavy atom. The highest BCUT2D eigenvalue weighted by atomic mass is 16.2. The van der Waals surface area contributed by atoms with Crippen LogP contribution in [0.3, 0.4) is 0 Å². The van der Waals surface area contributed by atoms with Crippen molar-refractivity contribution < 1.29 is 4.79 Å². The van der Waals surface area contributed by atoms with Crippen LogP contribution >= 0.6 is 0 Å². The van der Waals surface area contributed by atoms with Gasteiger partial charge in [-0.1, -0.05) is 24.3 Å². The van der Waals surface area contributed by atoms with Gasteiger partial charge in [0.15, 0.2) is 0 Å². The van der Waals surface area contributed by atoms with Gasteiger partial charge < -0.3 is 16.0 Å². The number of aromatic amines is 1. The molecule has 2 aromatic rings. The number of hydrogen-bond acceptors (Lipinski definition) is 2. The fourth-order valence-corrected chi connectivity index (χ4v) is 2.29. The number of nitrogens with one attached hydrogen (secondary N) is 2. The van der Waals surface area contributed by atoms with Gasteiger partial charge in [-0.3, -0.25) is 4.79 Å². The number of carbonyl (C=O) groups is 1. The van der Waals surface area contributed by atoms with Gasteiger partial charge in [0.05, 0.1) is 6.04 Å². The standard InChI is InChI=1S/C16H21N3O/c1-3-6-11(2)19-16(20)14(17)9-12-10-18-15-8-5-4-7-13(12)15/h3-5,7-8,10-11,14,18H,1,6,9,17H2,2H3,(H,19,20)/t11?,14-/m0/s1. The Bertz CT molecular complexity index is 603. The van der Waals surface area contributed by atoms with E-state index in [0.717, 1.165) is 22.9 Å². The molecule has 0 aliphatic heterocycles. The molecular formula is C16H21N3O. The van der Waals surface area contributed by atoms with Crippen LogP contribution in [0.1, 0.15) is 18.9 Å². The van der Waals surface area contributed by atoms with Crippen molar-refractivity contribution in [2.75, 3.05) is 0 Å². The average Bonchev–Trinajstić information content (AvgIpc) is 2.82. The third-order valence-corrected chi connectivity index (χ3v) is 3.36. The molecule has 0 saturated carbocycles. The molecule has 1 aromatic carbocycles. The number of amides is 1. The van der Waals surface area contributed by atoms with Gasteiger partial charge in [-0.2, -0.15) is 0 Å². The minimum Gasteiger partial charge on any atom is -0.361 e. The summed E-state index contributed by atoms with van der Waals surface area (Å²) in [4.78, 5) is 15.2. The van der Waals surface area contributed by atoms with Crippen molar-refractivity contribution in [2.45, 2.75) is 31.8 Å². The number of H-pyrrole nitrogens is 1. The number of fused-ring (bicyclic) bond motifs is 1. The van der Waals surface area contributed by atoms with Gasteiger partial charge in [0.1, 0.15) is 0 Å². The van der Waals surface area contributed by atoms with E-state index in [2.05, 4.69) is 16.9 Å². The first kappa shape index (κ1) is 14.3. The predicted octanol–water partition coefficient (Wildman–Crippen LogP) is 2.12. The molecule has 0 spiro atoms. The van der Waals surface area contributed by atoms with Crippen molar-refractivity contribution in [2.24, 2.45) is 5.73 Å². The van der Waals surface area contributed by atoms with Crippen molar-refractivity contribution in [1.82, 2.24) is 10.3 Å². The summed E-state index contributed by atoms with van der Waals surface area (Å²) in [7, 11) is 0. The lowest BCUT2D eigenvalue weighted by Gasteiger charge is -2.16. The number of nitrogens with two attached hydrogens (primary N) is 1. The minimum absolute atomic E-state index is 0.0639. The maximum Gasteiger partial charge on any atom is 0.237 e. The van der Waals surface area contributed by atoms with Crippen molar-refractivity contribution >= 4 is 16.8 Å². The van der Waals surface area contributed by atoms with Gasteiger partial charge in [0.25, 0.3) is 0 Å². The zero-order chi connectivity index (χ0) is 14.5. The molecule has 1 aromatic heterocycles. The van der Waals surface area contributed by atoms with Crippen molar-refractivity contribution in [3.63, 3.8) is 0 Å². The summed E-state index contributed by atoms with van der Waals surface area (Å²) in [5.41, 5.74) is 8.13. The second-order valence-electron chi connectivity index (χ2n) is 5.10. The lowest BCUT2D eigenvalue weighted by molar-refractivity contribution is -0.122. The Balaban J connectivity index is 2.02. The molecule has 0 aliphatic rings. The molecule has 1 amide bonds. The van der Waals surface area contributed by atoms with E-state index in [-0.39, 0.29) is 11.9 Å². The van der Waals surface area contributed by atoms with E-state index >= 15 is 0 Å². The van der Waals surface area contributed by atoms with Crippen LogP contribution in [0.15, 0.2) is 43.1 Å². The minimum atomic E-state index is -0.540. The summed E-state index contributed by atoms with van der Waals surface area (Å²) in [6.07, 6.45) is 4.98. The van der Waals surface area contributed by atoms with Crippen molar-refractivity contribution in [3.8, 4) is 0 Å². The second-order valence-corrected chi connectivity index (χ2v) is 5.10. The van der Waals surface area contributed by atoms with Crippen molar-refractivity contribution in [3.05, 3.63) is 48.7 Å². The lowest BCUT2D eigenvalue weighted by atomic mass is 10.0. The van der Waals surface area contributed by atoms with Crippen LogP contribution < -0.4 is 11.1 Å². The number of benzene rings is 1. The molecule has 1 unspecified atom stereocenters. The Morgan fingerprint density at radius 1 is 1.50 bits per heavy atom. The third-order valence-electron chi connectivity index (χ3n) is 3.36. The molecule has 0 saturated heterocycles. The Morgan fingerprint density at radius 2 is 2.25 bits per heavy atom. The number of aromatic nitrogens is 1. The normalized spacial score (nSPS) is 13.9. The number of para-hydroxylation sites is 1. The number of rotatable bonds is 6. The Hall–Kier alpha value is -2.07. The highest BCUT2D eigenvalue weighted by Crippen LogP contribution is 2.18. The first-order chi connectivity index (χ1) is 9.61. The monoisotopic (exact) mass is 271 g/mol. The van der Waals surface area contributed by atoms with Gasteiger partial charge in [-0.05, 0) is 31.4 Å². The third kappa shape index (κ3) is 3.27. The maximum atomic E-state index is 12.0. The average molecular weight is 271 g/mol. The Kier molecular flexibility index (Phi) is 4.58. The van der Waals surface area contributed by atoms with Crippen LogP contribution in [0, 0.1) is 0 Å². The van der Waals surface area contributed by atoms with E-state index in [0.29, 0.717) is 6.42 Å². The highest BCUT2D eigenvalue weighted by Gasteiger charge is 2.17. The van der Waals surface area contributed by atoms with Crippen LogP contribution in [0.5, 0.6) is 0 Å². The summed E-state index contributed by atoms with van der Waals surface area (Å²) in [5.74, 6) is -0.121. The van der Waals surface area contributed by atoms with E-state index in [9.17, 15) is 4.79 Å².